The summed E-state index contributed by atoms with van der Waals surface area (Å²) in [5, 5.41) is 15.3. The Hall–Kier alpha value is -3.24. The number of aliphatic hydroxyl groups is 1. The standard InChI is InChI=1S/C24H27FN4O4S/c1-15-19(14-26-28-15)16-8-10-17(11-9-16)22-24(2,3)33-23(29-34(22,31)32)27-21(12-13-30)18-6-4-5-7-20(18)25/h4-11,14,21-22,30H,12-13H2,1-3H3,(H,26,28)(H,27,29). The number of hydrogen-bond acceptors (Lipinski definition) is 6. The van der Waals surface area contributed by atoms with Gasteiger partial charge in [-0.2, -0.15) is 5.10 Å². The van der Waals surface area contributed by atoms with Crippen molar-refractivity contribution in [3.05, 3.63) is 77.4 Å². The van der Waals surface area contributed by atoms with Crippen LogP contribution in [0.4, 0.5) is 4.39 Å². The van der Waals surface area contributed by atoms with Crippen LogP contribution in [0.2, 0.25) is 0 Å². The number of aromatic nitrogens is 2. The van der Waals surface area contributed by atoms with Gasteiger partial charge in [0.2, 0.25) is 10.0 Å². The molecule has 34 heavy (non-hydrogen) atoms. The van der Waals surface area contributed by atoms with Crippen molar-refractivity contribution in [3.8, 4) is 11.1 Å². The molecular weight excluding hydrogens is 459 g/mol. The lowest BCUT2D eigenvalue weighted by Gasteiger charge is -2.39. The van der Waals surface area contributed by atoms with E-state index < -0.39 is 32.7 Å². The van der Waals surface area contributed by atoms with E-state index in [2.05, 4.69) is 19.9 Å². The third kappa shape index (κ3) is 4.69. The molecule has 0 aliphatic carbocycles. The van der Waals surface area contributed by atoms with Crippen LogP contribution in [0.25, 0.3) is 11.1 Å². The van der Waals surface area contributed by atoms with E-state index in [-0.39, 0.29) is 24.6 Å². The van der Waals surface area contributed by atoms with Crippen molar-refractivity contribution in [2.45, 2.75) is 44.1 Å². The second-order valence-electron chi connectivity index (χ2n) is 8.75. The van der Waals surface area contributed by atoms with Gasteiger partial charge in [-0.1, -0.05) is 42.5 Å². The quantitative estimate of drug-likeness (QED) is 0.490. The minimum atomic E-state index is -3.94. The Bertz CT molecular complexity index is 1300. The number of aromatic amines is 1. The lowest BCUT2D eigenvalue weighted by Crippen LogP contribution is -2.53. The van der Waals surface area contributed by atoms with Crippen LogP contribution >= 0.6 is 0 Å². The van der Waals surface area contributed by atoms with Crippen LogP contribution in [0.1, 0.15) is 48.4 Å². The summed E-state index contributed by atoms with van der Waals surface area (Å²) >= 11 is 0. The number of amidine groups is 1. The Morgan fingerprint density at radius 1 is 1.21 bits per heavy atom. The number of nitrogens with zero attached hydrogens (tertiary/aromatic N) is 2. The van der Waals surface area contributed by atoms with E-state index in [4.69, 9.17) is 4.74 Å². The summed E-state index contributed by atoms with van der Waals surface area (Å²) in [5.74, 6) is -0.492. The van der Waals surface area contributed by atoms with Crippen molar-refractivity contribution >= 4 is 16.0 Å². The molecule has 2 heterocycles. The van der Waals surface area contributed by atoms with Gasteiger partial charge in [0, 0.05) is 23.4 Å². The molecule has 2 unspecified atom stereocenters. The molecule has 0 amide bonds. The molecule has 0 saturated carbocycles. The van der Waals surface area contributed by atoms with Crippen molar-refractivity contribution in [1.29, 1.82) is 0 Å². The van der Waals surface area contributed by atoms with E-state index in [0.29, 0.717) is 5.56 Å². The third-order valence-corrected chi connectivity index (χ3v) is 7.74. The van der Waals surface area contributed by atoms with Gasteiger partial charge in [0.1, 0.15) is 16.7 Å². The summed E-state index contributed by atoms with van der Waals surface area (Å²) in [4.78, 5) is 4.33. The predicted octanol–water partition coefficient (Wildman–Crippen LogP) is 3.77. The molecule has 3 N–H and O–H groups in total. The van der Waals surface area contributed by atoms with Gasteiger partial charge in [-0.15, -0.1) is 0 Å². The van der Waals surface area contributed by atoms with Gasteiger partial charge in [-0.05, 0) is 44.4 Å². The minimum Gasteiger partial charge on any atom is -0.457 e. The molecule has 1 fully saturated rings. The molecule has 2 atom stereocenters. The van der Waals surface area contributed by atoms with Gasteiger partial charge in [-0.3, -0.25) is 5.10 Å². The van der Waals surface area contributed by atoms with Crippen LogP contribution in [0.3, 0.4) is 0 Å². The van der Waals surface area contributed by atoms with Crippen LogP contribution < -0.4 is 4.72 Å². The summed E-state index contributed by atoms with van der Waals surface area (Å²) in [6.45, 7) is 5.00. The predicted molar refractivity (Wildman–Crippen MR) is 127 cm³/mol. The number of benzene rings is 2. The third-order valence-electron chi connectivity index (χ3n) is 5.83. The molecule has 2 aromatic carbocycles. The van der Waals surface area contributed by atoms with E-state index in [1.54, 1.807) is 50.4 Å². The first kappa shape index (κ1) is 23.9. The molecule has 180 valence electrons. The van der Waals surface area contributed by atoms with Crippen LogP contribution in [-0.4, -0.2) is 42.0 Å². The molecule has 0 bridgehead atoms. The zero-order valence-corrected chi connectivity index (χ0v) is 19.9. The largest absolute Gasteiger partial charge is 0.457 e. The number of nitrogens with one attached hydrogen (secondary N) is 2. The number of aliphatic imine (C=N–C) groups is 1. The fourth-order valence-electron chi connectivity index (χ4n) is 4.29. The Morgan fingerprint density at radius 3 is 2.50 bits per heavy atom. The van der Waals surface area contributed by atoms with Gasteiger partial charge < -0.3 is 9.84 Å². The van der Waals surface area contributed by atoms with Crippen molar-refractivity contribution < 1.29 is 22.7 Å². The van der Waals surface area contributed by atoms with E-state index in [1.807, 2.05) is 19.1 Å². The van der Waals surface area contributed by atoms with E-state index >= 15 is 0 Å². The van der Waals surface area contributed by atoms with Crippen LogP contribution in [-0.2, 0) is 14.8 Å². The number of H-pyrrole nitrogens is 1. The summed E-state index contributed by atoms with van der Waals surface area (Å²) in [6.07, 6.45) is 1.83. The van der Waals surface area contributed by atoms with Gasteiger partial charge in [-0.25, -0.2) is 22.5 Å². The molecule has 0 spiro atoms. The Balaban J connectivity index is 1.65. The summed E-state index contributed by atoms with van der Waals surface area (Å²) in [7, 11) is -3.94. The molecule has 3 aromatic rings. The number of halogens is 1. The van der Waals surface area contributed by atoms with Crippen molar-refractivity contribution in [3.63, 3.8) is 0 Å². The first-order valence-electron chi connectivity index (χ1n) is 10.9. The molecule has 4 rings (SSSR count). The minimum absolute atomic E-state index is 0.105. The average Bonchev–Trinajstić information content (AvgIpc) is 3.18. The topological polar surface area (TPSA) is 117 Å². The lowest BCUT2D eigenvalue weighted by molar-refractivity contribution is 0.0758. The van der Waals surface area contributed by atoms with Gasteiger partial charge in [0.25, 0.3) is 6.02 Å². The molecule has 1 saturated heterocycles. The second kappa shape index (κ2) is 9.19. The number of hydrogen-bond donors (Lipinski definition) is 3. The maximum absolute atomic E-state index is 14.3. The number of rotatable bonds is 6. The Labute approximate surface area is 198 Å². The van der Waals surface area contributed by atoms with Gasteiger partial charge >= 0.3 is 0 Å². The number of aryl methyl sites for hydroxylation is 1. The molecular formula is C24H27FN4O4S. The highest BCUT2D eigenvalue weighted by molar-refractivity contribution is 7.90. The maximum atomic E-state index is 14.3. The fraction of sp³-hybridized carbons (Fsp3) is 0.333. The van der Waals surface area contributed by atoms with Crippen LogP contribution in [0, 0.1) is 12.7 Å². The molecule has 1 aromatic heterocycles. The Morgan fingerprint density at radius 2 is 1.91 bits per heavy atom. The van der Waals surface area contributed by atoms with E-state index in [0.717, 1.165) is 16.8 Å². The normalized spacial score (nSPS) is 21.0. The monoisotopic (exact) mass is 486 g/mol. The molecule has 10 heteroatoms. The van der Waals surface area contributed by atoms with E-state index in [9.17, 15) is 17.9 Å². The van der Waals surface area contributed by atoms with Crippen LogP contribution in [0.15, 0.2) is 59.7 Å². The summed E-state index contributed by atoms with van der Waals surface area (Å²) in [6, 6.07) is 12.2. The fourth-order valence-corrected chi connectivity index (χ4v) is 6.06. The second-order valence-corrected chi connectivity index (χ2v) is 10.5. The molecule has 0 radical (unpaired) electrons. The summed E-state index contributed by atoms with van der Waals surface area (Å²) in [5.41, 5.74) is 2.39. The zero-order chi connectivity index (χ0) is 24.5. The number of sulfonamides is 1. The SMILES string of the molecule is Cc1[nH]ncc1-c1ccc(C2C(C)(C)OC(=NC(CCO)c3ccccc3F)NS2(=O)=O)cc1. The van der Waals surface area contributed by atoms with E-state index in [1.165, 1.54) is 6.07 Å². The van der Waals surface area contributed by atoms with Crippen LogP contribution in [0.5, 0.6) is 0 Å². The molecule has 8 nitrogen and oxygen atoms in total. The molecule has 1 aliphatic heterocycles. The highest BCUT2D eigenvalue weighted by Gasteiger charge is 2.48. The number of aliphatic hydroxyl groups excluding tert-OH is 1. The maximum Gasteiger partial charge on any atom is 0.299 e. The van der Waals surface area contributed by atoms with Crippen molar-refractivity contribution in [2.75, 3.05) is 6.61 Å². The first-order chi connectivity index (χ1) is 16.1. The van der Waals surface area contributed by atoms with Crippen molar-refractivity contribution in [2.24, 2.45) is 4.99 Å². The lowest BCUT2D eigenvalue weighted by atomic mass is 9.95. The highest BCUT2D eigenvalue weighted by Crippen LogP contribution is 2.40. The Kier molecular flexibility index (Phi) is 6.46. The highest BCUT2D eigenvalue weighted by atomic mass is 32.2. The average molecular weight is 487 g/mol. The first-order valence-corrected chi connectivity index (χ1v) is 12.4. The van der Waals surface area contributed by atoms with Crippen molar-refractivity contribution in [1.82, 2.24) is 14.9 Å². The molecule has 1 aliphatic rings. The van der Waals surface area contributed by atoms with Gasteiger partial charge in [0.15, 0.2) is 0 Å². The number of ether oxygens (including phenoxy) is 1. The zero-order valence-electron chi connectivity index (χ0n) is 19.1. The smallest absolute Gasteiger partial charge is 0.299 e. The summed E-state index contributed by atoms with van der Waals surface area (Å²) < 4.78 is 49.3. The van der Waals surface area contributed by atoms with Gasteiger partial charge in [0.05, 0.1) is 12.2 Å².